The van der Waals surface area contributed by atoms with Gasteiger partial charge < -0.3 is 4.74 Å². The predicted molar refractivity (Wildman–Crippen MR) is 58.1 cm³/mol. The quantitative estimate of drug-likeness (QED) is 0.749. The molecule has 0 unspecified atom stereocenters. The van der Waals surface area contributed by atoms with Gasteiger partial charge in [0, 0.05) is 13.5 Å². The van der Waals surface area contributed by atoms with Gasteiger partial charge >= 0.3 is 0 Å². The standard InChI is InChI=1S/C12H17NO2/c1-14-12(5-6-12)8-10-3-2-4-11(7-10)9-15-13/h2-4,7H,5-6,8-9,13H2,1H3. The van der Waals surface area contributed by atoms with Crippen molar-refractivity contribution in [3.8, 4) is 0 Å². The normalized spacial score (nSPS) is 17.7. The molecule has 0 spiro atoms. The van der Waals surface area contributed by atoms with Crippen molar-refractivity contribution in [2.75, 3.05) is 7.11 Å². The molecule has 0 bridgehead atoms. The Morgan fingerprint density at radius 1 is 1.33 bits per heavy atom. The molecule has 3 nitrogen and oxygen atoms in total. The van der Waals surface area contributed by atoms with Gasteiger partial charge in [-0.3, -0.25) is 4.84 Å². The lowest BCUT2D eigenvalue weighted by molar-refractivity contribution is 0.0806. The van der Waals surface area contributed by atoms with Gasteiger partial charge in [0.05, 0.1) is 12.2 Å². The fourth-order valence-electron chi connectivity index (χ4n) is 1.89. The van der Waals surface area contributed by atoms with Crippen molar-refractivity contribution in [3.63, 3.8) is 0 Å². The number of methoxy groups -OCH3 is 1. The Balaban J connectivity index is 2.05. The van der Waals surface area contributed by atoms with E-state index in [2.05, 4.69) is 17.0 Å². The molecule has 1 saturated carbocycles. The predicted octanol–water partition coefficient (Wildman–Crippen LogP) is 1.80. The van der Waals surface area contributed by atoms with E-state index in [4.69, 9.17) is 10.6 Å². The molecule has 1 aromatic carbocycles. The summed E-state index contributed by atoms with van der Waals surface area (Å²) in [5.41, 5.74) is 2.52. The zero-order chi connectivity index (χ0) is 10.7. The molecule has 0 aliphatic heterocycles. The summed E-state index contributed by atoms with van der Waals surface area (Å²) in [5.74, 6) is 5.05. The molecule has 0 saturated heterocycles. The molecule has 3 heteroatoms. The van der Waals surface area contributed by atoms with E-state index >= 15 is 0 Å². The Labute approximate surface area is 90.1 Å². The highest BCUT2D eigenvalue weighted by Gasteiger charge is 2.42. The number of nitrogens with two attached hydrogens (primary N) is 1. The minimum Gasteiger partial charge on any atom is -0.378 e. The largest absolute Gasteiger partial charge is 0.378 e. The van der Waals surface area contributed by atoms with Gasteiger partial charge in [-0.2, -0.15) is 0 Å². The molecular weight excluding hydrogens is 190 g/mol. The lowest BCUT2D eigenvalue weighted by atomic mass is 10.0. The second-order valence-electron chi connectivity index (χ2n) is 4.19. The summed E-state index contributed by atoms with van der Waals surface area (Å²) in [5, 5.41) is 0. The van der Waals surface area contributed by atoms with Gasteiger partial charge in [0.1, 0.15) is 0 Å². The molecule has 15 heavy (non-hydrogen) atoms. The summed E-state index contributed by atoms with van der Waals surface area (Å²) < 4.78 is 5.50. The summed E-state index contributed by atoms with van der Waals surface area (Å²) in [4.78, 5) is 4.62. The highest BCUT2D eigenvalue weighted by Crippen LogP contribution is 2.41. The van der Waals surface area contributed by atoms with Crippen molar-refractivity contribution in [2.24, 2.45) is 5.90 Å². The van der Waals surface area contributed by atoms with Crippen LogP contribution in [0.4, 0.5) is 0 Å². The fourth-order valence-corrected chi connectivity index (χ4v) is 1.89. The Bertz CT molecular complexity index is 334. The molecule has 1 aromatic rings. The van der Waals surface area contributed by atoms with Gasteiger partial charge in [0.25, 0.3) is 0 Å². The van der Waals surface area contributed by atoms with Crippen LogP contribution in [0.25, 0.3) is 0 Å². The van der Waals surface area contributed by atoms with E-state index in [-0.39, 0.29) is 5.60 Å². The van der Waals surface area contributed by atoms with Crippen LogP contribution in [0.3, 0.4) is 0 Å². The molecule has 0 heterocycles. The van der Waals surface area contributed by atoms with Crippen LogP contribution in [0.5, 0.6) is 0 Å². The molecule has 82 valence electrons. The first-order valence-corrected chi connectivity index (χ1v) is 5.23. The van der Waals surface area contributed by atoms with Gasteiger partial charge in [-0.15, -0.1) is 0 Å². The number of hydrogen-bond donors (Lipinski definition) is 1. The van der Waals surface area contributed by atoms with Crippen LogP contribution in [-0.4, -0.2) is 12.7 Å². The molecular formula is C12H17NO2. The summed E-state index contributed by atoms with van der Waals surface area (Å²) >= 11 is 0. The summed E-state index contributed by atoms with van der Waals surface area (Å²) in [6, 6.07) is 8.31. The zero-order valence-electron chi connectivity index (χ0n) is 9.03. The van der Waals surface area contributed by atoms with Crippen LogP contribution in [0.2, 0.25) is 0 Å². The maximum absolute atomic E-state index is 5.50. The minimum absolute atomic E-state index is 0.113. The van der Waals surface area contributed by atoms with Gasteiger partial charge in [-0.1, -0.05) is 24.3 Å². The van der Waals surface area contributed by atoms with Crippen LogP contribution < -0.4 is 5.90 Å². The third-order valence-corrected chi connectivity index (χ3v) is 3.01. The molecule has 2 rings (SSSR count). The lowest BCUT2D eigenvalue weighted by Gasteiger charge is -2.13. The van der Waals surface area contributed by atoms with Gasteiger partial charge in [0.15, 0.2) is 0 Å². The van der Waals surface area contributed by atoms with Crippen molar-refractivity contribution in [3.05, 3.63) is 35.4 Å². The molecule has 2 N–H and O–H groups in total. The third kappa shape index (κ3) is 2.56. The Hall–Kier alpha value is -0.900. The van der Waals surface area contributed by atoms with E-state index in [0.29, 0.717) is 6.61 Å². The summed E-state index contributed by atoms with van der Waals surface area (Å²) in [6.45, 7) is 0.466. The van der Waals surface area contributed by atoms with E-state index in [1.807, 2.05) is 12.1 Å². The monoisotopic (exact) mass is 207 g/mol. The van der Waals surface area contributed by atoms with E-state index in [0.717, 1.165) is 12.0 Å². The number of ether oxygens (including phenoxy) is 1. The van der Waals surface area contributed by atoms with Crippen LogP contribution in [0, 0.1) is 0 Å². The Morgan fingerprint density at radius 3 is 2.67 bits per heavy atom. The molecule has 1 fully saturated rings. The minimum atomic E-state index is 0.113. The van der Waals surface area contributed by atoms with Crippen molar-refractivity contribution < 1.29 is 9.57 Å². The Morgan fingerprint density at radius 2 is 2.07 bits per heavy atom. The molecule has 0 atom stereocenters. The molecule has 0 aromatic heterocycles. The van der Waals surface area contributed by atoms with E-state index in [9.17, 15) is 0 Å². The highest BCUT2D eigenvalue weighted by molar-refractivity contribution is 5.25. The van der Waals surface area contributed by atoms with Crippen molar-refractivity contribution in [2.45, 2.75) is 31.5 Å². The van der Waals surface area contributed by atoms with Gasteiger partial charge in [-0.05, 0) is 24.0 Å². The maximum atomic E-state index is 5.50. The molecule has 0 amide bonds. The van der Waals surface area contributed by atoms with Crippen LogP contribution >= 0.6 is 0 Å². The maximum Gasteiger partial charge on any atom is 0.0930 e. The first kappa shape index (κ1) is 10.6. The van der Waals surface area contributed by atoms with Crippen molar-refractivity contribution in [1.82, 2.24) is 0 Å². The summed E-state index contributed by atoms with van der Waals surface area (Å²) in [7, 11) is 1.79. The van der Waals surface area contributed by atoms with E-state index < -0.39 is 0 Å². The van der Waals surface area contributed by atoms with Crippen molar-refractivity contribution in [1.29, 1.82) is 0 Å². The fraction of sp³-hybridized carbons (Fsp3) is 0.500. The van der Waals surface area contributed by atoms with Gasteiger partial charge in [-0.25, -0.2) is 5.90 Å². The van der Waals surface area contributed by atoms with E-state index in [1.54, 1.807) is 7.11 Å². The second-order valence-corrected chi connectivity index (χ2v) is 4.19. The van der Waals surface area contributed by atoms with Crippen LogP contribution in [0.15, 0.2) is 24.3 Å². The average Bonchev–Trinajstić information content (AvgIpc) is 3.00. The zero-order valence-corrected chi connectivity index (χ0v) is 9.03. The van der Waals surface area contributed by atoms with Crippen molar-refractivity contribution >= 4 is 0 Å². The number of hydrogen-bond acceptors (Lipinski definition) is 3. The molecule has 1 aliphatic carbocycles. The second kappa shape index (κ2) is 4.31. The molecule has 0 radical (unpaired) electrons. The van der Waals surface area contributed by atoms with E-state index in [1.165, 1.54) is 18.4 Å². The third-order valence-electron chi connectivity index (χ3n) is 3.01. The Kier molecular flexibility index (Phi) is 3.05. The topological polar surface area (TPSA) is 44.5 Å². The highest BCUT2D eigenvalue weighted by atomic mass is 16.6. The average molecular weight is 207 g/mol. The van der Waals surface area contributed by atoms with Gasteiger partial charge in [0.2, 0.25) is 0 Å². The number of rotatable bonds is 5. The van der Waals surface area contributed by atoms with Crippen LogP contribution in [-0.2, 0) is 22.6 Å². The SMILES string of the molecule is COC1(Cc2cccc(CON)c2)CC1. The summed E-state index contributed by atoms with van der Waals surface area (Å²) in [6.07, 6.45) is 3.32. The first-order valence-electron chi connectivity index (χ1n) is 5.23. The molecule has 1 aliphatic rings. The number of benzene rings is 1. The first-order chi connectivity index (χ1) is 7.28. The van der Waals surface area contributed by atoms with Crippen LogP contribution in [0.1, 0.15) is 24.0 Å². The lowest BCUT2D eigenvalue weighted by Crippen LogP contribution is -2.15. The smallest absolute Gasteiger partial charge is 0.0930 e.